The predicted octanol–water partition coefficient (Wildman–Crippen LogP) is 14.7. The van der Waals surface area contributed by atoms with Gasteiger partial charge in [-0.25, -0.2) is 9.97 Å². The van der Waals surface area contributed by atoms with Crippen molar-refractivity contribution in [3.05, 3.63) is 240 Å². The fourth-order valence-corrected chi connectivity index (χ4v) is 11.1. The molecule has 0 radical (unpaired) electrons. The van der Waals surface area contributed by atoms with Gasteiger partial charge < -0.3 is 0 Å². The topological polar surface area (TPSA) is 49.6 Å². The Morgan fingerprint density at radius 1 is 0.387 bits per heavy atom. The Labute approximate surface area is 364 Å². The summed E-state index contributed by atoms with van der Waals surface area (Å²) >= 11 is 1.85. The highest BCUT2D eigenvalue weighted by Gasteiger charge is 2.51. The third kappa shape index (κ3) is 5.53. The van der Waals surface area contributed by atoms with Crippen LogP contribution in [0.25, 0.3) is 78.1 Å². The van der Waals surface area contributed by atoms with Crippen LogP contribution in [0.1, 0.15) is 27.8 Å². The Hall–Kier alpha value is -7.84. The Morgan fingerprint density at radius 2 is 0.919 bits per heavy atom. The van der Waals surface area contributed by atoms with E-state index in [2.05, 4.69) is 194 Å². The molecule has 2 heterocycles. The van der Waals surface area contributed by atoms with E-state index in [1.807, 2.05) is 36.0 Å². The largest absolute Gasteiger partial charge is 0.228 e. The lowest BCUT2D eigenvalue weighted by Gasteiger charge is -2.39. The Morgan fingerprint density at radius 3 is 1.56 bits per heavy atom. The minimum absolute atomic E-state index is 0.605. The van der Waals surface area contributed by atoms with Gasteiger partial charge in [-0.3, -0.25) is 0 Å². The normalized spacial score (nSPS) is 12.9. The van der Waals surface area contributed by atoms with Crippen molar-refractivity contribution in [1.29, 1.82) is 5.26 Å². The van der Waals surface area contributed by atoms with Crippen molar-refractivity contribution < 1.29 is 0 Å². The van der Waals surface area contributed by atoms with Crippen LogP contribution in [0.4, 0.5) is 0 Å². The summed E-state index contributed by atoms with van der Waals surface area (Å²) in [4.78, 5) is 13.1. The van der Waals surface area contributed by atoms with E-state index < -0.39 is 5.41 Å². The first-order valence-electron chi connectivity index (χ1n) is 20.9. The minimum atomic E-state index is -0.605. The van der Waals surface area contributed by atoms with Gasteiger partial charge in [0, 0.05) is 26.5 Å². The molecule has 4 heteroatoms. The van der Waals surface area contributed by atoms with Crippen molar-refractivity contribution in [3.8, 4) is 73.4 Å². The lowest BCUT2D eigenvalue weighted by molar-refractivity contribution is 0.722. The van der Waals surface area contributed by atoms with Crippen LogP contribution in [-0.2, 0) is 5.41 Å². The Balaban J connectivity index is 1.14. The van der Waals surface area contributed by atoms with Gasteiger partial charge in [0.05, 0.1) is 28.4 Å². The quantitative estimate of drug-likeness (QED) is 0.174. The van der Waals surface area contributed by atoms with Gasteiger partial charge in [-0.1, -0.05) is 188 Å². The van der Waals surface area contributed by atoms with Crippen molar-refractivity contribution in [2.75, 3.05) is 0 Å². The molecule has 3 nitrogen and oxygen atoms in total. The lowest BCUT2D eigenvalue weighted by Crippen LogP contribution is -2.32. The maximum absolute atomic E-state index is 9.50. The predicted molar refractivity (Wildman–Crippen MR) is 253 cm³/mol. The molecule has 1 spiro atoms. The van der Waals surface area contributed by atoms with Crippen LogP contribution in [0.2, 0.25) is 0 Å². The Kier molecular flexibility index (Phi) is 8.38. The van der Waals surface area contributed by atoms with E-state index in [4.69, 9.17) is 9.97 Å². The summed E-state index contributed by atoms with van der Waals surface area (Å²) in [5.41, 5.74) is 17.0. The first kappa shape index (κ1) is 36.0. The summed E-state index contributed by atoms with van der Waals surface area (Å²) in [5, 5.41) is 11.9. The monoisotopic (exact) mass is 805 g/mol. The van der Waals surface area contributed by atoms with E-state index in [0.29, 0.717) is 11.4 Å². The number of hydrogen-bond acceptors (Lipinski definition) is 4. The first-order chi connectivity index (χ1) is 30.7. The number of benzene rings is 9. The highest BCUT2D eigenvalue weighted by molar-refractivity contribution is 7.99. The number of nitrogens with zero attached hydrogens (tertiary/aromatic N) is 3. The van der Waals surface area contributed by atoms with E-state index in [9.17, 15) is 5.26 Å². The smallest absolute Gasteiger partial charge is 0.160 e. The molecular weight excluding hydrogens is 771 g/mol. The Bertz CT molecular complexity index is 3340. The van der Waals surface area contributed by atoms with E-state index in [-0.39, 0.29) is 0 Å². The van der Waals surface area contributed by atoms with E-state index in [1.54, 1.807) is 0 Å². The lowest BCUT2D eigenvalue weighted by atomic mass is 9.67. The molecule has 0 saturated heterocycles. The molecule has 12 rings (SSSR count). The highest BCUT2D eigenvalue weighted by Crippen LogP contribution is 2.64. The van der Waals surface area contributed by atoms with Crippen LogP contribution >= 0.6 is 11.8 Å². The number of fused-ring (bicyclic) bond motifs is 10. The SMILES string of the molecule is N#Cc1ccc(-c2ccc(-c3cccc4c3-c3ccc(-c5nc(-c6ccccc6)cc(-c6ccccc6)n5)cc3C43c4ccccc4Sc4ccccc43)c3ccccc23)cc1. The van der Waals surface area contributed by atoms with Gasteiger partial charge in [0.1, 0.15) is 0 Å². The molecule has 1 aliphatic heterocycles. The van der Waals surface area contributed by atoms with Gasteiger partial charge in [0.15, 0.2) is 5.82 Å². The van der Waals surface area contributed by atoms with Crippen LogP contribution in [0, 0.1) is 11.3 Å². The molecule has 0 bridgehead atoms. The molecular formula is C58H35N3S. The molecule has 0 saturated carbocycles. The average molecular weight is 806 g/mol. The molecule has 288 valence electrons. The highest BCUT2D eigenvalue weighted by atomic mass is 32.2. The fraction of sp³-hybridized carbons (Fsp3) is 0.0172. The minimum Gasteiger partial charge on any atom is -0.228 e. The van der Waals surface area contributed by atoms with Gasteiger partial charge in [-0.2, -0.15) is 5.26 Å². The average Bonchev–Trinajstić information content (AvgIpc) is 3.64. The third-order valence-corrected chi connectivity index (χ3v) is 13.8. The molecule has 9 aromatic carbocycles. The fourth-order valence-electron chi connectivity index (χ4n) is 9.91. The molecule has 62 heavy (non-hydrogen) atoms. The molecule has 1 aliphatic carbocycles. The van der Waals surface area contributed by atoms with Crippen molar-refractivity contribution in [3.63, 3.8) is 0 Å². The van der Waals surface area contributed by atoms with E-state index >= 15 is 0 Å². The molecule has 0 fully saturated rings. The van der Waals surface area contributed by atoms with Gasteiger partial charge in [0.2, 0.25) is 0 Å². The van der Waals surface area contributed by atoms with Crippen LogP contribution in [0.5, 0.6) is 0 Å². The van der Waals surface area contributed by atoms with Gasteiger partial charge in [-0.15, -0.1) is 0 Å². The molecule has 2 aliphatic rings. The number of nitriles is 1. The zero-order valence-electron chi connectivity index (χ0n) is 33.5. The number of aromatic nitrogens is 2. The second kappa shape index (κ2) is 14.4. The maximum atomic E-state index is 9.50. The van der Waals surface area contributed by atoms with Gasteiger partial charge in [0.25, 0.3) is 0 Å². The molecule has 10 aromatic rings. The molecule has 0 unspecified atom stereocenters. The van der Waals surface area contributed by atoms with Gasteiger partial charge >= 0.3 is 0 Å². The zero-order valence-corrected chi connectivity index (χ0v) is 34.3. The molecule has 0 N–H and O–H groups in total. The molecule has 1 aromatic heterocycles. The first-order valence-corrected chi connectivity index (χ1v) is 21.7. The standard InChI is InChI=1S/C58H35N3S/c59-36-37-26-28-38(29-27-37)42-32-33-45(44-19-8-7-18-43(42)44)46-20-13-23-50-56(46)47-31-30-41(34-51(47)58(50)48-21-9-11-24-54(48)62-55-25-12-10-22-49(55)58)57-60-52(39-14-3-1-4-15-39)35-53(61-57)40-16-5-2-6-17-40/h1-35H. The molecule has 0 amide bonds. The maximum Gasteiger partial charge on any atom is 0.160 e. The van der Waals surface area contributed by atoms with Crippen LogP contribution < -0.4 is 0 Å². The summed E-state index contributed by atoms with van der Waals surface area (Å²) < 4.78 is 0. The van der Waals surface area contributed by atoms with Crippen molar-refractivity contribution >= 4 is 22.5 Å². The second-order valence-corrected chi connectivity index (χ2v) is 17.0. The summed E-state index contributed by atoms with van der Waals surface area (Å²) in [7, 11) is 0. The second-order valence-electron chi connectivity index (χ2n) is 15.9. The summed E-state index contributed by atoms with van der Waals surface area (Å²) in [6.45, 7) is 0. The van der Waals surface area contributed by atoms with Crippen molar-refractivity contribution in [1.82, 2.24) is 9.97 Å². The van der Waals surface area contributed by atoms with Crippen molar-refractivity contribution in [2.45, 2.75) is 15.2 Å². The summed E-state index contributed by atoms with van der Waals surface area (Å²) in [5.74, 6) is 0.690. The van der Waals surface area contributed by atoms with E-state index in [1.165, 1.54) is 65.1 Å². The zero-order chi connectivity index (χ0) is 41.2. The van der Waals surface area contributed by atoms with Crippen LogP contribution in [0.15, 0.2) is 222 Å². The number of rotatable bonds is 5. The summed E-state index contributed by atoms with van der Waals surface area (Å²) in [6.07, 6.45) is 0. The van der Waals surface area contributed by atoms with Gasteiger partial charge in [-0.05, 0) is 103 Å². The molecule has 0 atom stereocenters. The number of hydrogen-bond donors (Lipinski definition) is 0. The third-order valence-electron chi connectivity index (χ3n) is 12.6. The van der Waals surface area contributed by atoms with Crippen LogP contribution in [0.3, 0.4) is 0 Å². The summed E-state index contributed by atoms with van der Waals surface area (Å²) in [6, 6.07) is 78.1. The van der Waals surface area contributed by atoms with Crippen LogP contribution in [-0.4, -0.2) is 9.97 Å². The van der Waals surface area contributed by atoms with Crippen molar-refractivity contribution in [2.24, 2.45) is 0 Å². The van der Waals surface area contributed by atoms with E-state index in [0.717, 1.165) is 39.2 Å².